The quantitative estimate of drug-likeness (QED) is 0.779. The standard InChI is InChI=1S/C13H16N2O2S/c1-15(8-3-4-12(16)17-2)13-10-6-9-18-11(10)5-7-14-13/h5-7,9H,3-4,8H2,1-2H3. The van der Waals surface area contributed by atoms with Crippen LogP contribution in [-0.2, 0) is 9.53 Å². The topological polar surface area (TPSA) is 42.4 Å². The predicted molar refractivity (Wildman–Crippen MR) is 74.1 cm³/mol. The minimum absolute atomic E-state index is 0.162. The number of pyridine rings is 1. The van der Waals surface area contributed by atoms with Crippen LogP contribution in [0.4, 0.5) is 5.82 Å². The van der Waals surface area contributed by atoms with Crippen molar-refractivity contribution in [2.24, 2.45) is 0 Å². The maximum Gasteiger partial charge on any atom is 0.305 e. The molecule has 0 aliphatic heterocycles. The number of hydrogen-bond donors (Lipinski definition) is 0. The number of carbonyl (C=O) groups is 1. The summed E-state index contributed by atoms with van der Waals surface area (Å²) in [5.74, 6) is 0.809. The summed E-state index contributed by atoms with van der Waals surface area (Å²) in [7, 11) is 3.41. The summed E-state index contributed by atoms with van der Waals surface area (Å²) in [6.45, 7) is 0.789. The molecule has 0 aromatic carbocycles. The molecule has 0 amide bonds. The minimum Gasteiger partial charge on any atom is -0.469 e. The maximum atomic E-state index is 11.0. The summed E-state index contributed by atoms with van der Waals surface area (Å²) < 4.78 is 5.86. The van der Waals surface area contributed by atoms with Crippen LogP contribution in [0.2, 0.25) is 0 Å². The Bertz CT molecular complexity index is 539. The second kappa shape index (κ2) is 5.82. The molecule has 0 spiro atoms. The zero-order valence-corrected chi connectivity index (χ0v) is 11.4. The Balaban J connectivity index is 2.02. The van der Waals surface area contributed by atoms with Crippen LogP contribution < -0.4 is 4.90 Å². The third kappa shape index (κ3) is 2.79. The van der Waals surface area contributed by atoms with E-state index >= 15 is 0 Å². The highest BCUT2D eigenvalue weighted by Crippen LogP contribution is 2.27. The van der Waals surface area contributed by atoms with Crippen LogP contribution in [0.25, 0.3) is 10.1 Å². The van der Waals surface area contributed by atoms with Crippen LogP contribution in [0.1, 0.15) is 12.8 Å². The lowest BCUT2D eigenvalue weighted by atomic mass is 10.2. The van der Waals surface area contributed by atoms with E-state index in [1.165, 1.54) is 17.2 Å². The first kappa shape index (κ1) is 12.8. The third-order valence-electron chi connectivity index (χ3n) is 2.82. The fourth-order valence-electron chi connectivity index (χ4n) is 1.85. The van der Waals surface area contributed by atoms with Gasteiger partial charge in [0.1, 0.15) is 5.82 Å². The highest BCUT2D eigenvalue weighted by molar-refractivity contribution is 7.17. The van der Waals surface area contributed by atoms with E-state index in [0.717, 1.165) is 18.8 Å². The lowest BCUT2D eigenvalue weighted by Crippen LogP contribution is -2.20. The average molecular weight is 264 g/mol. The van der Waals surface area contributed by atoms with Gasteiger partial charge in [0.2, 0.25) is 0 Å². The highest BCUT2D eigenvalue weighted by Gasteiger charge is 2.09. The number of fused-ring (bicyclic) bond motifs is 1. The molecule has 0 aliphatic carbocycles. The predicted octanol–water partition coefficient (Wildman–Crippen LogP) is 2.69. The molecule has 4 nitrogen and oxygen atoms in total. The number of hydrogen-bond acceptors (Lipinski definition) is 5. The number of ether oxygens (including phenoxy) is 1. The van der Waals surface area contributed by atoms with E-state index in [1.807, 2.05) is 19.3 Å². The number of thiophene rings is 1. The normalized spacial score (nSPS) is 10.6. The van der Waals surface area contributed by atoms with Gasteiger partial charge in [-0.05, 0) is 23.9 Å². The van der Waals surface area contributed by atoms with Crippen LogP contribution in [-0.4, -0.2) is 31.7 Å². The largest absolute Gasteiger partial charge is 0.469 e. The second-order valence-electron chi connectivity index (χ2n) is 4.07. The fourth-order valence-corrected chi connectivity index (χ4v) is 2.63. The summed E-state index contributed by atoms with van der Waals surface area (Å²) in [4.78, 5) is 17.5. The number of carbonyl (C=O) groups excluding carboxylic acids is 1. The van der Waals surface area contributed by atoms with Gasteiger partial charge in [-0.2, -0.15) is 0 Å². The highest BCUT2D eigenvalue weighted by atomic mass is 32.1. The van der Waals surface area contributed by atoms with Gasteiger partial charge in [-0.1, -0.05) is 0 Å². The summed E-state index contributed by atoms with van der Waals surface area (Å²) in [5.41, 5.74) is 0. The number of rotatable bonds is 5. The van der Waals surface area contributed by atoms with Gasteiger partial charge < -0.3 is 9.64 Å². The molecule has 0 saturated heterocycles. The molecule has 0 aliphatic rings. The maximum absolute atomic E-state index is 11.0. The summed E-state index contributed by atoms with van der Waals surface area (Å²) >= 11 is 1.71. The van der Waals surface area contributed by atoms with Crippen molar-refractivity contribution in [2.45, 2.75) is 12.8 Å². The molecule has 18 heavy (non-hydrogen) atoms. The number of anilines is 1. The first-order valence-electron chi connectivity index (χ1n) is 5.82. The van der Waals surface area contributed by atoms with Crippen LogP contribution >= 0.6 is 11.3 Å². The summed E-state index contributed by atoms with van der Waals surface area (Å²) in [6, 6.07) is 4.10. The molecule has 0 N–H and O–H groups in total. The Morgan fingerprint density at radius 3 is 3.11 bits per heavy atom. The van der Waals surface area contributed by atoms with E-state index in [4.69, 9.17) is 0 Å². The van der Waals surface area contributed by atoms with Crippen molar-refractivity contribution in [1.29, 1.82) is 0 Å². The molecule has 0 atom stereocenters. The van der Waals surface area contributed by atoms with Gasteiger partial charge in [0.05, 0.1) is 7.11 Å². The zero-order valence-electron chi connectivity index (χ0n) is 10.5. The van der Waals surface area contributed by atoms with E-state index in [9.17, 15) is 4.79 Å². The first-order valence-corrected chi connectivity index (χ1v) is 6.70. The van der Waals surface area contributed by atoms with Gasteiger partial charge in [-0.15, -0.1) is 11.3 Å². The van der Waals surface area contributed by atoms with E-state index in [2.05, 4.69) is 26.1 Å². The Morgan fingerprint density at radius 1 is 1.50 bits per heavy atom. The average Bonchev–Trinajstić information content (AvgIpc) is 2.86. The van der Waals surface area contributed by atoms with E-state index in [-0.39, 0.29) is 5.97 Å². The molecule has 0 unspecified atom stereocenters. The molecule has 2 heterocycles. The minimum atomic E-state index is -0.162. The van der Waals surface area contributed by atoms with Gasteiger partial charge >= 0.3 is 5.97 Å². The molecule has 0 radical (unpaired) electrons. The van der Waals surface area contributed by atoms with Crippen molar-refractivity contribution in [3.05, 3.63) is 23.7 Å². The van der Waals surface area contributed by atoms with Gasteiger partial charge in [0.25, 0.3) is 0 Å². The second-order valence-corrected chi connectivity index (χ2v) is 5.02. The monoisotopic (exact) mass is 264 g/mol. The lowest BCUT2D eigenvalue weighted by Gasteiger charge is -2.18. The van der Waals surface area contributed by atoms with Crippen LogP contribution in [0.5, 0.6) is 0 Å². The molecular formula is C13H16N2O2S. The molecule has 2 aromatic rings. The van der Waals surface area contributed by atoms with Crippen molar-refractivity contribution < 1.29 is 9.53 Å². The van der Waals surface area contributed by atoms with Crippen molar-refractivity contribution in [1.82, 2.24) is 4.98 Å². The van der Waals surface area contributed by atoms with Gasteiger partial charge in [0, 0.05) is 36.3 Å². The van der Waals surface area contributed by atoms with Gasteiger partial charge in [-0.3, -0.25) is 4.79 Å². The van der Waals surface area contributed by atoms with Crippen LogP contribution in [0, 0.1) is 0 Å². The van der Waals surface area contributed by atoms with Gasteiger partial charge in [-0.25, -0.2) is 4.98 Å². The Labute approximate surface area is 110 Å². The fraction of sp³-hybridized carbons (Fsp3) is 0.385. The molecule has 0 fully saturated rings. The number of aromatic nitrogens is 1. The molecule has 5 heteroatoms. The SMILES string of the molecule is COC(=O)CCCN(C)c1nccc2sccc12. The molecule has 0 saturated carbocycles. The summed E-state index contributed by atoms with van der Waals surface area (Å²) in [5, 5.41) is 3.24. The van der Waals surface area contributed by atoms with Crippen LogP contribution in [0.15, 0.2) is 23.7 Å². The van der Waals surface area contributed by atoms with Crippen molar-refractivity contribution in [2.75, 3.05) is 25.6 Å². The molecule has 96 valence electrons. The Hall–Kier alpha value is -1.62. The smallest absolute Gasteiger partial charge is 0.305 e. The van der Waals surface area contributed by atoms with E-state index in [1.54, 1.807) is 11.3 Å². The molecule has 2 rings (SSSR count). The molecule has 2 aromatic heterocycles. The van der Waals surface area contributed by atoms with Gasteiger partial charge in [0.15, 0.2) is 0 Å². The van der Waals surface area contributed by atoms with Crippen molar-refractivity contribution in [3.63, 3.8) is 0 Å². The third-order valence-corrected chi connectivity index (χ3v) is 3.70. The van der Waals surface area contributed by atoms with E-state index < -0.39 is 0 Å². The molecule has 0 bridgehead atoms. The van der Waals surface area contributed by atoms with E-state index in [0.29, 0.717) is 6.42 Å². The number of methoxy groups -OCH3 is 1. The number of nitrogens with zero attached hydrogens (tertiary/aromatic N) is 2. The lowest BCUT2D eigenvalue weighted by molar-refractivity contribution is -0.140. The zero-order chi connectivity index (χ0) is 13.0. The van der Waals surface area contributed by atoms with Crippen molar-refractivity contribution >= 4 is 33.2 Å². The molecular weight excluding hydrogens is 248 g/mol. The number of esters is 1. The Morgan fingerprint density at radius 2 is 2.33 bits per heavy atom. The summed E-state index contributed by atoms with van der Waals surface area (Å²) in [6.07, 6.45) is 3.04. The van der Waals surface area contributed by atoms with Crippen molar-refractivity contribution in [3.8, 4) is 0 Å². The van der Waals surface area contributed by atoms with Crippen LogP contribution in [0.3, 0.4) is 0 Å². The Kier molecular flexibility index (Phi) is 4.15. The first-order chi connectivity index (χ1) is 8.72.